The Morgan fingerprint density at radius 3 is 2.46 bits per heavy atom. The van der Waals surface area contributed by atoms with E-state index in [1.54, 1.807) is 63.2 Å². The van der Waals surface area contributed by atoms with Crippen molar-refractivity contribution in [2.75, 3.05) is 6.61 Å². The summed E-state index contributed by atoms with van der Waals surface area (Å²) in [5, 5.41) is 9.05. The fourth-order valence-electron chi connectivity index (χ4n) is 2.13. The van der Waals surface area contributed by atoms with Crippen LogP contribution in [0, 0.1) is 11.3 Å². The number of ether oxygens (including phenoxy) is 2. The van der Waals surface area contributed by atoms with E-state index in [0.717, 1.165) is 5.56 Å². The van der Waals surface area contributed by atoms with Gasteiger partial charge >= 0.3 is 11.9 Å². The van der Waals surface area contributed by atoms with E-state index in [0.29, 0.717) is 17.1 Å². The third kappa shape index (κ3) is 4.84. The standard InChI is InChI=1S/C20H19NO5/c1-4-24-19(22)16(12-21)11-17-9-10-18(26-17)14-5-7-15(8-6-14)20(23)25-13(2)3/h5-11,13H,4H2,1-3H3/b16-11-. The highest BCUT2D eigenvalue weighted by Crippen LogP contribution is 2.24. The molecule has 6 heteroatoms. The first kappa shape index (κ1) is 19.0. The molecule has 0 saturated carbocycles. The smallest absolute Gasteiger partial charge is 0.349 e. The Kier molecular flexibility index (Phi) is 6.34. The van der Waals surface area contributed by atoms with Gasteiger partial charge in [-0.3, -0.25) is 0 Å². The number of hydrogen-bond acceptors (Lipinski definition) is 6. The van der Waals surface area contributed by atoms with Crippen LogP contribution in [0.1, 0.15) is 36.9 Å². The minimum atomic E-state index is -0.694. The molecule has 1 aromatic heterocycles. The summed E-state index contributed by atoms with van der Waals surface area (Å²) in [7, 11) is 0. The highest BCUT2D eigenvalue weighted by molar-refractivity contribution is 5.97. The van der Waals surface area contributed by atoms with Crippen molar-refractivity contribution in [3.63, 3.8) is 0 Å². The minimum absolute atomic E-state index is 0.139. The molecule has 0 bridgehead atoms. The summed E-state index contributed by atoms with van der Waals surface area (Å²) >= 11 is 0. The van der Waals surface area contributed by atoms with Gasteiger partial charge in [-0.2, -0.15) is 5.26 Å². The molecule has 1 heterocycles. The number of carbonyl (C=O) groups excluding carboxylic acids is 2. The molecular formula is C20H19NO5. The number of carbonyl (C=O) groups is 2. The van der Waals surface area contributed by atoms with E-state index in [2.05, 4.69) is 0 Å². The lowest BCUT2D eigenvalue weighted by atomic mass is 10.1. The van der Waals surface area contributed by atoms with Crippen LogP contribution in [0.25, 0.3) is 17.4 Å². The van der Waals surface area contributed by atoms with Gasteiger partial charge in [0, 0.05) is 11.6 Å². The lowest BCUT2D eigenvalue weighted by molar-refractivity contribution is -0.137. The van der Waals surface area contributed by atoms with Gasteiger partial charge in [-0.05, 0) is 45.0 Å². The third-order valence-electron chi connectivity index (χ3n) is 3.28. The van der Waals surface area contributed by atoms with E-state index >= 15 is 0 Å². The highest BCUT2D eigenvalue weighted by atomic mass is 16.5. The van der Waals surface area contributed by atoms with Crippen LogP contribution in [0.3, 0.4) is 0 Å². The van der Waals surface area contributed by atoms with E-state index < -0.39 is 5.97 Å². The lowest BCUT2D eigenvalue weighted by Crippen LogP contribution is -2.11. The quantitative estimate of drug-likeness (QED) is 0.443. The molecule has 26 heavy (non-hydrogen) atoms. The fraction of sp³-hybridized carbons (Fsp3) is 0.250. The molecule has 0 unspecified atom stereocenters. The molecule has 0 N–H and O–H groups in total. The first-order chi connectivity index (χ1) is 12.4. The van der Waals surface area contributed by atoms with Crippen molar-refractivity contribution < 1.29 is 23.5 Å². The number of furan rings is 1. The van der Waals surface area contributed by atoms with Gasteiger partial charge in [0.1, 0.15) is 23.2 Å². The molecule has 2 rings (SSSR count). The lowest BCUT2D eigenvalue weighted by Gasteiger charge is -2.07. The first-order valence-corrected chi connectivity index (χ1v) is 8.14. The maximum atomic E-state index is 11.9. The third-order valence-corrected chi connectivity index (χ3v) is 3.28. The Labute approximate surface area is 151 Å². The summed E-state index contributed by atoms with van der Waals surface area (Å²) in [6.45, 7) is 5.43. The van der Waals surface area contributed by atoms with Crippen LogP contribution in [0.4, 0.5) is 0 Å². The van der Waals surface area contributed by atoms with Crippen molar-refractivity contribution in [1.82, 2.24) is 0 Å². The molecule has 134 valence electrons. The molecule has 0 radical (unpaired) electrons. The topological polar surface area (TPSA) is 89.5 Å². The van der Waals surface area contributed by atoms with Crippen molar-refractivity contribution in [3.05, 3.63) is 53.3 Å². The zero-order valence-corrected chi connectivity index (χ0v) is 14.8. The molecule has 6 nitrogen and oxygen atoms in total. The number of nitrogens with zero attached hydrogens (tertiary/aromatic N) is 1. The van der Waals surface area contributed by atoms with Gasteiger partial charge in [0.15, 0.2) is 0 Å². The Hall–Kier alpha value is -3.33. The minimum Gasteiger partial charge on any atom is -0.462 e. The van der Waals surface area contributed by atoms with Crippen LogP contribution in [0.15, 0.2) is 46.4 Å². The number of rotatable bonds is 6. The van der Waals surface area contributed by atoms with Crippen LogP contribution < -0.4 is 0 Å². The van der Waals surface area contributed by atoms with E-state index in [1.807, 2.05) is 0 Å². The second kappa shape index (κ2) is 8.67. The Morgan fingerprint density at radius 2 is 1.88 bits per heavy atom. The Morgan fingerprint density at radius 1 is 1.19 bits per heavy atom. The number of nitriles is 1. The number of hydrogen-bond donors (Lipinski definition) is 0. The van der Waals surface area contributed by atoms with Crippen molar-refractivity contribution in [2.45, 2.75) is 26.9 Å². The van der Waals surface area contributed by atoms with E-state index in [-0.39, 0.29) is 24.3 Å². The number of benzene rings is 1. The average Bonchev–Trinajstić information content (AvgIpc) is 3.08. The predicted octanol–water partition coefficient (Wildman–Crippen LogP) is 3.98. The molecule has 0 fully saturated rings. The summed E-state index contributed by atoms with van der Waals surface area (Å²) in [5.41, 5.74) is 1.06. The van der Waals surface area contributed by atoms with E-state index in [4.69, 9.17) is 19.2 Å². The molecular weight excluding hydrogens is 334 g/mol. The van der Waals surface area contributed by atoms with E-state index in [1.165, 1.54) is 6.08 Å². The fourth-order valence-corrected chi connectivity index (χ4v) is 2.13. The van der Waals surface area contributed by atoms with Crippen molar-refractivity contribution in [2.24, 2.45) is 0 Å². The summed E-state index contributed by atoms with van der Waals surface area (Å²) in [6, 6.07) is 11.9. The monoisotopic (exact) mass is 353 g/mol. The molecule has 0 aliphatic carbocycles. The molecule has 1 aromatic carbocycles. The zero-order valence-electron chi connectivity index (χ0n) is 14.8. The van der Waals surface area contributed by atoms with Crippen LogP contribution in [0.2, 0.25) is 0 Å². The normalized spacial score (nSPS) is 11.1. The van der Waals surface area contributed by atoms with Gasteiger partial charge in [0.05, 0.1) is 18.3 Å². The summed E-state index contributed by atoms with van der Waals surface area (Å²) in [6.07, 6.45) is 1.14. The molecule has 0 amide bonds. The SMILES string of the molecule is CCOC(=O)/C(C#N)=C\c1ccc(-c2ccc(C(=O)OC(C)C)cc2)o1. The second-order valence-corrected chi connectivity index (χ2v) is 5.62. The van der Waals surface area contributed by atoms with E-state index in [9.17, 15) is 9.59 Å². The van der Waals surface area contributed by atoms with Gasteiger partial charge < -0.3 is 13.9 Å². The Bertz CT molecular complexity index is 853. The molecule has 0 saturated heterocycles. The summed E-state index contributed by atoms with van der Waals surface area (Å²) in [5.74, 6) is -0.183. The molecule has 0 aliphatic rings. The number of esters is 2. The summed E-state index contributed by atoms with van der Waals surface area (Å²) < 4.78 is 15.6. The Balaban J connectivity index is 2.18. The van der Waals surface area contributed by atoms with Crippen LogP contribution in [-0.4, -0.2) is 24.6 Å². The van der Waals surface area contributed by atoms with Crippen molar-refractivity contribution >= 4 is 18.0 Å². The van der Waals surface area contributed by atoms with Gasteiger partial charge in [-0.15, -0.1) is 0 Å². The summed E-state index contributed by atoms with van der Waals surface area (Å²) in [4.78, 5) is 23.5. The molecule has 2 aromatic rings. The van der Waals surface area contributed by atoms with Gasteiger partial charge in [-0.25, -0.2) is 9.59 Å². The largest absolute Gasteiger partial charge is 0.462 e. The highest BCUT2D eigenvalue weighted by Gasteiger charge is 2.13. The molecule has 0 spiro atoms. The van der Waals surface area contributed by atoms with Gasteiger partial charge in [0.25, 0.3) is 0 Å². The average molecular weight is 353 g/mol. The van der Waals surface area contributed by atoms with Gasteiger partial charge in [0.2, 0.25) is 0 Å². The maximum Gasteiger partial charge on any atom is 0.349 e. The van der Waals surface area contributed by atoms with Gasteiger partial charge in [-0.1, -0.05) is 12.1 Å². The van der Waals surface area contributed by atoms with Crippen molar-refractivity contribution in [1.29, 1.82) is 5.26 Å². The van der Waals surface area contributed by atoms with Crippen molar-refractivity contribution in [3.8, 4) is 17.4 Å². The molecule has 0 aliphatic heterocycles. The maximum absolute atomic E-state index is 11.9. The molecule has 0 atom stereocenters. The second-order valence-electron chi connectivity index (χ2n) is 5.62. The van der Waals surface area contributed by atoms with Crippen LogP contribution in [-0.2, 0) is 14.3 Å². The van der Waals surface area contributed by atoms with Crippen LogP contribution >= 0.6 is 0 Å². The first-order valence-electron chi connectivity index (χ1n) is 8.14. The zero-order chi connectivity index (χ0) is 19.1. The predicted molar refractivity (Wildman–Crippen MR) is 94.9 cm³/mol. The van der Waals surface area contributed by atoms with Crippen LogP contribution in [0.5, 0.6) is 0 Å².